The Labute approximate surface area is 119 Å². The van der Waals surface area contributed by atoms with Gasteiger partial charge in [0.1, 0.15) is 5.69 Å². The second kappa shape index (κ2) is 5.05. The van der Waals surface area contributed by atoms with Crippen molar-refractivity contribution in [2.75, 3.05) is 5.43 Å². The fourth-order valence-electron chi connectivity index (χ4n) is 1.69. The summed E-state index contributed by atoms with van der Waals surface area (Å²) in [4.78, 5) is 8.75. The van der Waals surface area contributed by atoms with Crippen molar-refractivity contribution in [2.24, 2.45) is 4.99 Å². The average molecular weight is 294 g/mol. The molecule has 0 radical (unpaired) electrons. The molecule has 2 aromatic rings. The molecule has 96 valence electrons. The van der Waals surface area contributed by atoms with Gasteiger partial charge in [-0.3, -0.25) is 15.8 Å². The van der Waals surface area contributed by atoms with Gasteiger partial charge in [-0.2, -0.15) is 0 Å². The summed E-state index contributed by atoms with van der Waals surface area (Å²) in [6.45, 7) is 0. The average Bonchev–Trinajstić information content (AvgIpc) is 2.41. The fraction of sp³-hybridized carbons (Fsp3) is 0. The maximum absolute atomic E-state index is 5.91. The Bertz CT molecular complexity index is 626. The molecule has 0 saturated carbocycles. The first-order valence-electron chi connectivity index (χ1n) is 5.51. The lowest BCUT2D eigenvalue weighted by molar-refractivity contribution is 0.480. The van der Waals surface area contributed by atoms with Crippen LogP contribution in [0.3, 0.4) is 0 Å². The minimum atomic E-state index is 0.562. The summed E-state index contributed by atoms with van der Waals surface area (Å²) in [5.41, 5.74) is 8.03. The molecule has 0 unspecified atom stereocenters. The summed E-state index contributed by atoms with van der Waals surface area (Å²) in [6, 6.07) is 10.9. The van der Waals surface area contributed by atoms with E-state index in [-0.39, 0.29) is 0 Å². The summed E-state index contributed by atoms with van der Waals surface area (Å²) in [6.07, 6.45) is 1.70. The number of hydrogen-bond donors (Lipinski definition) is 2. The van der Waals surface area contributed by atoms with Crippen molar-refractivity contribution in [3.8, 4) is 0 Å². The van der Waals surface area contributed by atoms with Gasteiger partial charge >= 0.3 is 0 Å². The Balaban J connectivity index is 2.03. The van der Waals surface area contributed by atoms with Crippen LogP contribution in [0.15, 0.2) is 47.6 Å². The van der Waals surface area contributed by atoms with Crippen LogP contribution < -0.4 is 10.9 Å². The van der Waals surface area contributed by atoms with Crippen molar-refractivity contribution in [3.05, 3.63) is 53.3 Å². The third-order valence-electron chi connectivity index (χ3n) is 2.52. The first kappa shape index (κ1) is 12.2. The number of aliphatic imine (C=N–C) groups is 1. The number of aromatic nitrogens is 1. The molecule has 1 aromatic carbocycles. The highest BCUT2D eigenvalue weighted by molar-refractivity contribution is 6.30. The van der Waals surface area contributed by atoms with Gasteiger partial charge in [0.05, 0.1) is 11.4 Å². The van der Waals surface area contributed by atoms with Crippen molar-refractivity contribution in [1.82, 2.24) is 15.0 Å². The molecule has 2 heterocycles. The topological polar surface area (TPSA) is 52.6 Å². The normalized spacial score (nSPS) is 16.6. The van der Waals surface area contributed by atoms with Crippen LogP contribution in [-0.2, 0) is 0 Å². The smallest absolute Gasteiger partial charge is 0.171 e. The van der Waals surface area contributed by atoms with E-state index in [0.29, 0.717) is 16.6 Å². The second-order valence-electron chi connectivity index (χ2n) is 3.84. The van der Waals surface area contributed by atoms with E-state index in [1.807, 2.05) is 24.3 Å². The number of anilines is 1. The molecular formula is C12H9Cl2N5. The Morgan fingerprint density at radius 3 is 2.68 bits per heavy atom. The Kier molecular flexibility index (Phi) is 3.25. The quantitative estimate of drug-likeness (QED) is 0.793. The van der Waals surface area contributed by atoms with Gasteiger partial charge in [0, 0.05) is 23.0 Å². The first-order chi connectivity index (χ1) is 9.22. The van der Waals surface area contributed by atoms with E-state index in [1.165, 1.54) is 4.64 Å². The molecule has 7 heteroatoms. The number of pyridine rings is 1. The summed E-state index contributed by atoms with van der Waals surface area (Å²) < 4.78 is 1.21. The number of nitrogens with zero attached hydrogens (tertiary/aromatic N) is 3. The predicted molar refractivity (Wildman–Crippen MR) is 76.3 cm³/mol. The Morgan fingerprint density at radius 1 is 1.11 bits per heavy atom. The molecule has 19 heavy (non-hydrogen) atoms. The van der Waals surface area contributed by atoms with E-state index >= 15 is 0 Å². The number of halogens is 2. The molecule has 0 saturated heterocycles. The van der Waals surface area contributed by atoms with E-state index in [0.717, 1.165) is 11.4 Å². The molecule has 1 aliphatic rings. The van der Waals surface area contributed by atoms with E-state index < -0.39 is 0 Å². The summed E-state index contributed by atoms with van der Waals surface area (Å²) in [5.74, 6) is 0.562. The number of hydrazine groups is 2. The van der Waals surface area contributed by atoms with Crippen LogP contribution in [0.1, 0.15) is 5.69 Å². The number of amidine groups is 1. The second-order valence-corrected chi connectivity index (χ2v) is 4.62. The predicted octanol–water partition coefficient (Wildman–Crippen LogP) is 3.11. The number of benzene rings is 1. The van der Waals surface area contributed by atoms with Crippen LogP contribution in [0.4, 0.5) is 11.4 Å². The molecule has 0 atom stereocenters. The first-order valence-corrected chi connectivity index (χ1v) is 6.23. The molecule has 0 aliphatic carbocycles. The van der Waals surface area contributed by atoms with Crippen molar-refractivity contribution < 1.29 is 0 Å². The van der Waals surface area contributed by atoms with Gasteiger partial charge in [-0.1, -0.05) is 11.6 Å². The van der Waals surface area contributed by atoms with Gasteiger partial charge in [-0.05, 0) is 41.0 Å². The molecule has 0 amide bonds. The van der Waals surface area contributed by atoms with Crippen molar-refractivity contribution >= 4 is 40.6 Å². The van der Waals surface area contributed by atoms with E-state index in [2.05, 4.69) is 20.8 Å². The van der Waals surface area contributed by atoms with Crippen LogP contribution in [0.5, 0.6) is 0 Å². The summed E-state index contributed by atoms with van der Waals surface area (Å²) in [7, 11) is 0. The Morgan fingerprint density at radius 2 is 1.89 bits per heavy atom. The fourth-order valence-corrected chi connectivity index (χ4v) is 1.98. The molecule has 1 aliphatic heterocycles. The van der Waals surface area contributed by atoms with Crippen LogP contribution in [0, 0.1) is 0 Å². The van der Waals surface area contributed by atoms with Crippen molar-refractivity contribution in [2.45, 2.75) is 0 Å². The van der Waals surface area contributed by atoms with Gasteiger partial charge in [-0.25, -0.2) is 4.99 Å². The lowest BCUT2D eigenvalue weighted by Gasteiger charge is -2.26. The highest BCUT2D eigenvalue weighted by Gasteiger charge is 2.20. The third-order valence-corrected chi connectivity index (χ3v) is 2.94. The van der Waals surface area contributed by atoms with Crippen LogP contribution in [0.25, 0.3) is 0 Å². The molecular weight excluding hydrogens is 285 g/mol. The van der Waals surface area contributed by atoms with E-state index in [1.54, 1.807) is 18.3 Å². The zero-order valence-corrected chi connectivity index (χ0v) is 11.2. The maximum Gasteiger partial charge on any atom is 0.171 e. The van der Waals surface area contributed by atoms with Crippen LogP contribution in [0.2, 0.25) is 5.02 Å². The van der Waals surface area contributed by atoms with Crippen LogP contribution in [-0.4, -0.2) is 15.5 Å². The molecule has 1 aromatic heterocycles. The highest BCUT2D eigenvalue weighted by Crippen LogP contribution is 2.22. The lowest BCUT2D eigenvalue weighted by atomic mass is 10.2. The SMILES string of the molecule is Clc1ccc(N=C2NN(Cl)Nc3cccnc32)cc1. The van der Waals surface area contributed by atoms with Gasteiger partial charge in [0.25, 0.3) is 0 Å². The molecule has 5 nitrogen and oxygen atoms in total. The molecule has 0 fully saturated rings. The lowest BCUT2D eigenvalue weighted by Crippen LogP contribution is -2.44. The Hall–Kier alpha value is -1.82. The van der Waals surface area contributed by atoms with Gasteiger partial charge in [-0.15, -0.1) is 0 Å². The van der Waals surface area contributed by atoms with E-state index in [4.69, 9.17) is 23.4 Å². The maximum atomic E-state index is 5.91. The monoisotopic (exact) mass is 293 g/mol. The minimum Gasteiger partial charge on any atom is -0.285 e. The van der Waals surface area contributed by atoms with Gasteiger partial charge < -0.3 is 0 Å². The molecule has 2 N–H and O–H groups in total. The zero-order valence-electron chi connectivity index (χ0n) is 9.64. The number of rotatable bonds is 1. The molecule has 0 spiro atoms. The summed E-state index contributed by atoms with van der Waals surface area (Å²) in [5, 5.41) is 0.666. The van der Waals surface area contributed by atoms with Crippen molar-refractivity contribution in [3.63, 3.8) is 0 Å². The minimum absolute atomic E-state index is 0.562. The number of fused-ring (bicyclic) bond motifs is 1. The number of hydrogen-bond acceptors (Lipinski definition) is 4. The highest BCUT2D eigenvalue weighted by atomic mass is 35.5. The third kappa shape index (κ3) is 2.63. The molecule has 3 rings (SSSR count). The van der Waals surface area contributed by atoms with Crippen molar-refractivity contribution in [1.29, 1.82) is 0 Å². The van der Waals surface area contributed by atoms with E-state index in [9.17, 15) is 0 Å². The van der Waals surface area contributed by atoms with Gasteiger partial charge in [0.2, 0.25) is 0 Å². The summed E-state index contributed by atoms with van der Waals surface area (Å²) >= 11 is 11.8. The number of nitrogens with one attached hydrogen (secondary N) is 2. The van der Waals surface area contributed by atoms with Crippen LogP contribution >= 0.6 is 23.4 Å². The largest absolute Gasteiger partial charge is 0.285 e. The standard InChI is InChI=1S/C12H9Cl2N5/c13-8-3-5-9(6-4-8)16-12-11-10(2-1-7-15-11)17-19(14)18-12/h1-7,17H,(H,16,18). The molecule has 0 bridgehead atoms. The van der Waals surface area contributed by atoms with Gasteiger partial charge in [0.15, 0.2) is 5.84 Å². The zero-order chi connectivity index (χ0) is 13.2.